The van der Waals surface area contributed by atoms with Crippen molar-refractivity contribution in [3.63, 3.8) is 0 Å². The zero-order valence-corrected chi connectivity index (χ0v) is 16.5. The molecule has 2 aromatic rings. The number of aryl methyl sites for hydroxylation is 2. The van der Waals surface area contributed by atoms with Crippen LogP contribution in [0.15, 0.2) is 36.5 Å². The van der Waals surface area contributed by atoms with Crippen LogP contribution < -0.4 is 4.74 Å². The van der Waals surface area contributed by atoms with Crippen LogP contribution in [0.3, 0.4) is 0 Å². The van der Waals surface area contributed by atoms with E-state index in [1.165, 1.54) is 5.56 Å². The van der Waals surface area contributed by atoms with Crippen LogP contribution in [0, 0.1) is 13.8 Å². The van der Waals surface area contributed by atoms with Crippen molar-refractivity contribution in [2.75, 3.05) is 19.6 Å². The van der Waals surface area contributed by atoms with Gasteiger partial charge in [-0.1, -0.05) is 17.7 Å². The molecule has 0 saturated carbocycles. The summed E-state index contributed by atoms with van der Waals surface area (Å²) in [5.41, 5.74) is 2.36. The summed E-state index contributed by atoms with van der Waals surface area (Å²) in [6, 6.07) is 10.4. The minimum Gasteiger partial charge on any atom is -0.490 e. The van der Waals surface area contributed by atoms with E-state index < -0.39 is 12.1 Å². The van der Waals surface area contributed by atoms with Crippen molar-refractivity contribution in [3.05, 3.63) is 47.8 Å². The monoisotopic (exact) mass is 413 g/mol. The Kier molecular flexibility index (Phi) is 8.07. The Bertz CT molecular complexity index is 767. The minimum atomic E-state index is -5.08. The molecule has 6 nitrogen and oxygen atoms in total. The molecule has 2 heterocycles. The highest BCUT2D eigenvalue weighted by Gasteiger charge is 2.38. The number of hydrogen-bond donors (Lipinski definition) is 1. The molecule has 1 saturated heterocycles. The first-order chi connectivity index (χ1) is 13.6. The standard InChI is InChI=1S/C18H25N3O.C2HF3O2/c1-15-3-5-17(6-4-15)22-18-8-10-20(11-9-18)13-14-21-12-7-16(2)19-21;3-2(4,5)1(6)7/h3-7,12,18H,8-11,13-14H2,1-2H3;(H,6,7). The fourth-order valence-corrected chi connectivity index (χ4v) is 2.89. The third kappa shape index (κ3) is 8.15. The number of ether oxygens (including phenoxy) is 1. The van der Waals surface area contributed by atoms with Gasteiger partial charge in [0.15, 0.2) is 0 Å². The van der Waals surface area contributed by atoms with Crippen molar-refractivity contribution in [1.82, 2.24) is 14.7 Å². The third-order valence-electron chi connectivity index (χ3n) is 4.52. The predicted octanol–water partition coefficient (Wildman–Crippen LogP) is 3.68. The topological polar surface area (TPSA) is 67.6 Å². The van der Waals surface area contributed by atoms with Crippen LogP contribution in [0.5, 0.6) is 5.75 Å². The Morgan fingerprint density at radius 2 is 1.72 bits per heavy atom. The van der Waals surface area contributed by atoms with Crippen molar-refractivity contribution in [1.29, 1.82) is 0 Å². The number of halogens is 3. The van der Waals surface area contributed by atoms with Gasteiger partial charge in [-0.3, -0.25) is 4.68 Å². The van der Waals surface area contributed by atoms with Gasteiger partial charge in [-0.25, -0.2) is 4.79 Å². The molecule has 0 radical (unpaired) electrons. The van der Waals surface area contributed by atoms with E-state index in [0.29, 0.717) is 6.10 Å². The Hall–Kier alpha value is -2.55. The van der Waals surface area contributed by atoms with Crippen LogP contribution in [0.1, 0.15) is 24.1 Å². The molecule has 29 heavy (non-hydrogen) atoms. The maximum atomic E-state index is 10.6. The number of carbonyl (C=O) groups is 1. The molecule has 9 heteroatoms. The van der Waals surface area contributed by atoms with Crippen molar-refractivity contribution < 1.29 is 27.8 Å². The summed E-state index contributed by atoms with van der Waals surface area (Å²) in [5.74, 6) is -1.76. The molecule has 0 amide bonds. The maximum absolute atomic E-state index is 10.6. The van der Waals surface area contributed by atoms with E-state index in [-0.39, 0.29) is 0 Å². The number of hydrogen-bond acceptors (Lipinski definition) is 4. The number of alkyl halides is 3. The van der Waals surface area contributed by atoms with E-state index in [2.05, 4.69) is 53.5 Å². The van der Waals surface area contributed by atoms with E-state index in [1.54, 1.807) is 0 Å². The smallest absolute Gasteiger partial charge is 0.490 e. The molecule has 1 aliphatic heterocycles. The number of piperidine rings is 1. The summed E-state index contributed by atoms with van der Waals surface area (Å²) < 4.78 is 39.8. The number of nitrogens with zero attached hydrogens (tertiary/aromatic N) is 3. The van der Waals surface area contributed by atoms with Crippen molar-refractivity contribution >= 4 is 5.97 Å². The second-order valence-corrected chi connectivity index (χ2v) is 7.00. The highest BCUT2D eigenvalue weighted by molar-refractivity contribution is 5.73. The summed E-state index contributed by atoms with van der Waals surface area (Å²) >= 11 is 0. The number of carboxylic acid groups (broad SMARTS) is 1. The van der Waals surface area contributed by atoms with E-state index in [0.717, 1.165) is 50.5 Å². The molecule has 1 aliphatic rings. The summed E-state index contributed by atoms with van der Waals surface area (Å²) in [4.78, 5) is 11.4. The molecule has 160 valence electrons. The Morgan fingerprint density at radius 3 is 2.21 bits per heavy atom. The van der Waals surface area contributed by atoms with Crippen LogP contribution in [-0.2, 0) is 11.3 Å². The minimum absolute atomic E-state index is 0.353. The third-order valence-corrected chi connectivity index (χ3v) is 4.52. The van der Waals surface area contributed by atoms with E-state index in [4.69, 9.17) is 14.6 Å². The second-order valence-electron chi connectivity index (χ2n) is 7.00. The van der Waals surface area contributed by atoms with Gasteiger partial charge >= 0.3 is 12.1 Å². The van der Waals surface area contributed by atoms with Crippen molar-refractivity contribution in [2.24, 2.45) is 0 Å². The summed E-state index contributed by atoms with van der Waals surface area (Å²) in [6.07, 6.45) is -0.466. The van der Waals surface area contributed by atoms with Gasteiger partial charge in [0.2, 0.25) is 0 Å². The van der Waals surface area contributed by atoms with Gasteiger partial charge in [0, 0.05) is 25.8 Å². The van der Waals surface area contributed by atoms with Crippen molar-refractivity contribution in [3.8, 4) is 5.75 Å². The maximum Gasteiger partial charge on any atom is 0.490 e. The average Bonchev–Trinajstić information content (AvgIpc) is 3.08. The SMILES string of the molecule is Cc1ccc(OC2CCN(CCn3ccc(C)n3)CC2)cc1.O=C(O)C(F)(F)F. The lowest BCUT2D eigenvalue weighted by molar-refractivity contribution is -0.192. The number of aliphatic carboxylic acids is 1. The number of carboxylic acids is 1. The normalized spacial score (nSPS) is 15.5. The van der Waals surface area contributed by atoms with E-state index >= 15 is 0 Å². The molecular formula is C20H26F3N3O3. The number of aromatic nitrogens is 2. The van der Waals surface area contributed by atoms with Crippen LogP contribution in [0.25, 0.3) is 0 Å². The van der Waals surface area contributed by atoms with Gasteiger partial charge in [0.25, 0.3) is 0 Å². The summed E-state index contributed by atoms with van der Waals surface area (Å²) in [6.45, 7) is 8.39. The van der Waals surface area contributed by atoms with Crippen LogP contribution >= 0.6 is 0 Å². The Labute approximate surface area is 167 Å². The Morgan fingerprint density at radius 1 is 1.14 bits per heavy atom. The zero-order chi connectivity index (χ0) is 21.4. The molecule has 0 spiro atoms. The van der Waals surface area contributed by atoms with Gasteiger partial charge in [0.1, 0.15) is 11.9 Å². The van der Waals surface area contributed by atoms with Crippen LogP contribution in [-0.4, -0.2) is 57.7 Å². The first kappa shape index (κ1) is 22.7. The van der Waals surface area contributed by atoms with Gasteiger partial charge in [0.05, 0.1) is 12.2 Å². The van der Waals surface area contributed by atoms with Crippen LogP contribution in [0.2, 0.25) is 0 Å². The average molecular weight is 413 g/mol. The molecule has 1 aromatic carbocycles. The summed E-state index contributed by atoms with van der Waals surface area (Å²) in [5, 5.41) is 11.6. The molecule has 0 unspecified atom stereocenters. The largest absolute Gasteiger partial charge is 0.490 e. The molecule has 0 atom stereocenters. The second kappa shape index (κ2) is 10.3. The molecule has 0 bridgehead atoms. The lowest BCUT2D eigenvalue weighted by Crippen LogP contribution is -2.39. The van der Waals surface area contributed by atoms with Crippen LogP contribution in [0.4, 0.5) is 13.2 Å². The lowest BCUT2D eigenvalue weighted by atomic mass is 10.1. The highest BCUT2D eigenvalue weighted by Crippen LogP contribution is 2.19. The fourth-order valence-electron chi connectivity index (χ4n) is 2.89. The Balaban J connectivity index is 0.000000370. The summed E-state index contributed by atoms with van der Waals surface area (Å²) in [7, 11) is 0. The van der Waals surface area contributed by atoms with Gasteiger partial charge in [-0.2, -0.15) is 18.3 Å². The lowest BCUT2D eigenvalue weighted by Gasteiger charge is -2.32. The predicted molar refractivity (Wildman–Crippen MR) is 102 cm³/mol. The zero-order valence-electron chi connectivity index (χ0n) is 16.5. The van der Waals surface area contributed by atoms with Gasteiger partial charge < -0.3 is 14.7 Å². The molecule has 1 aromatic heterocycles. The van der Waals surface area contributed by atoms with E-state index in [9.17, 15) is 13.2 Å². The van der Waals surface area contributed by atoms with Crippen molar-refractivity contribution in [2.45, 2.75) is 45.5 Å². The molecule has 1 N–H and O–H groups in total. The first-order valence-corrected chi connectivity index (χ1v) is 9.39. The fraction of sp³-hybridized carbons (Fsp3) is 0.500. The van der Waals surface area contributed by atoms with E-state index in [1.807, 2.05) is 11.6 Å². The highest BCUT2D eigenvalue weighted by atomic mass is 19.4. The quantitative estimate of drug-likeness (QED) is 0.810. The molecule has 0 aliphatic carbocycles. The molecule has 3 rings (SSSR count). The van der Waals surface area contributed by atoms with Gasteiger partial charge in [-0.05, 0) is 44.9 Å². The number of rotatable bonds is 5. The number of likely N-dealkylation sites (tertiary alicyclic amines) is 1. The first-order valence-electron chi connectivity index (χ1n) is 9.39. The molecule has 1 fully saturated rings. The van der Waals surface area contributed by atoms with Gasteiger partial charge in [-0.15, -0.1) is 0 Å². The number of benzene rings is 1. The molecular weight excluding hydrogens is 387 g/mol.